The minimum absolute atomic E-state index is 0.00503. The number of alkyl halides is 1. The number of halogens is 1. The molecule has 0 radical (unpaired) electrons. The average molecular weight is 521 g/mol. The van der Waals surface area contributed by atoms with Gasteiger partial charge in [-0.2, -0.15) is 0 Å². The highest BCUT2D eigenvalue weighted by atomic mass is 19.1. The van der Waals surface area contributed by atoms with Gasteiger partial charge in [0.1, 0.15) is 12.3 Å². The predicted octanol–water partition coefficient (Wildman–Crippen LogP) is 4.73. The molecule has 2 aliphatic rings. The molecule has 0 unspecified atom stereocenters. The van der Waals surface area contributed by atoms with Gasteiger partial charge in [-0.25, -0.2) is 9.18 Å². The summed E-state index contributed by atoms with van der Waals surface area (Å²) in [6, 6.07) is 15.5. The molecule has 2 heterocycles. The summed E-state index contributed by atoms with van der Waals surface area (Å²) >= 11 is 0. The van der Waals surface area contributed by atoms with Crippen molar-refractivity contribution < 1.29 is 28.3 Å². The van der Waals surface area contributed by atoms with E-state index in [0.29, 0.717) is 36.8 Å². The molecule has 1 aliphatic heterocycles. The SMILES string of the molecule is N[C@H](CF)C1CCC(C(=O)N2CC[C@@H](c3ccccc3)[C@H]2C(=O)Cc2ccc3oc(C(=O)O)cc3c2)CC1. The molecule has 3 aromatic rings. The van der Waals surface area contributed by atoms with Crippen LogP contribution in [-0.4, -0.2) is 53.0 Å². The fourth-order valence-corrected chi connectivity index (χ4v) is 6.26. The number of ketones is 1. The molecule has 5 rings (SSSR count). The molecule has 38 heavy (non-hydrogen) atoms. The molecule has 200 valence electrons. The molecule has 1 aromatic heterocycles. The number of hydrogen-bond acceptors (Lipinski definition) is 5. The Balaban J connectivity index is 1.37. The molecule has 8 heteroatoms. The van der Waals surface area contributed by atoms with Crippen LogP contribution in [-0.2, 0) is 16.0 Å². The number of carbonyl (C=O) groups excluding carboxylic acids is 2. The summed E-state index contributed by atoms with van der Waals surface area (Å²) in [5.74, 6) is -1.52. The Kier molecular flexibility index (Phi) is 7.61. The molecule has 3 atom stereocenters. The lowest BCUT2D eigenvalue weighted by Gasteiger charge is -2.35. The van der Waals surface area contributed by atoms with Crippen molar-refractivity contribution >= 4 is 28.6 Å². The summed E-state index contributed by atoms with van der Waals surface area (Å²) in [4.78, 5) is 40.6. The van der Waals surface area contributed by atoms with E-state index in [-0.39, 0.29) is 41.6 Å². The Morgan fingerprint density at radius 3 is 2.45 bits per heavy atom. The number of likely N-dealkylation sites (tertiary alicyclic amines) is 1. The van der Waals surface area contributed by atoms with E-state index in [0.717, 1.165) is 24.0 Å². The fourth-order valence-electron chi connectivity index (χ4n) is 6.26. The minimum atomic E-state index is -1.15. The monoisotopic (exact) mass is 520 g/mol. The first-order valence-electron chi connectivity index (χ1n) is 13.3. The Morgan fingerprint density at radius 1 is 1.03 bits per heavy atom. The van der Waals surface area contributed by atoms with E-state index in [1.54, 1.807) is 23.1 Å². The molecular weight excluding hydrogens is 487 g/mol. The van der Waals surface area contributed by atoms with Crippen molar-refractivity contribution in [1.82, 2.24) is 4.90 Å². The van der Waals surface area contributed by atoms with Gasteiger partial charge >= 0.3 is 5.97 Å². The van der Waals surface area contributed by atoms with E-state index in [4.69, 9.17) is 10.2 Å². The molecule has 0 bridgehead atoms. The summed E-state index contributed by atoms with van der Waals surface area (Å²) in [6.45, 7) is -0.0333. The number of Topliss-reactive ketones (excluding diaryl/α,β-unsaturated/α-hetero) is 1. The van der Waals surface area contributed by atoms with Gasteiger partial charge in [-0.05, 0) is 67.3 Å². The lowest BCUT2D eigenvalue weighted by Crippen LogP contribution is -2.47. The van der Waals surface area contributed by atoms with E-state index in [1.807, 2.05) is 30.3 Å². The molecule has 1 aliphatic carbocycles. The summed E-state index contributed by atoms with van der Waals surface area (Å²) in [6.07, 6.45) is 3.59. The highest BCUT2D eigenvalue weighted by Gasteiger charge is 2.44. The maximum Gasteiger partial charge on any atom is 0.371 e. The van der Waals surface area contributed by atoms with Gasteiger partial charge in [0.2, 0.25) is 11.7 Å². The van der Waals surface area contributed by atoms with E-state index >= 15 is 0 Å². The molecule has 3 N–H and O–H groups in total. The zero-order chi connectivity index (χ0) is 26.8. The second-order valence-corrected chi connectivity index (χ2v) is 10.6. The van der Waals surface area contributed by atoms with Crippen molar-refractivity contribution in [1.29, 1.82) is 0 Å². The van der Waals surface area contributed by atoms with Gasteiger partial charge in [-0.15, -0.1) is 0 Å². The lowest BCUT2D eigenvalue weighted by molar-refractivity contribution is -0.142. The Morgan fingerprint density at radius 2 is 1.76 bits per heavy atom. The van der Waals surface area contributed by atoms with Gasteiger partial charge in [0.15, 0.2) is 5.78 Å². The number of benzene rings is 2. The summed E-state index contributed by atoms with van der Waals surface area (Å²) in [5.41, 5.74) is 8.14. The first-order chi connectivity index (χ1) is 18.4. The standard InChI is InChI=1S/C30H33FN2O5/c31-17-24(32)20-7-9-21(10-8-20)29(35)33-13-12-23(19-4-2-1-3-5-19)28(33)25(34)15-18-6-11-26-22(14-18)16-27(38-26)30(36)37/h1-6,11,14,16,20-21,23-24,28H,7-10,12-13,15,17,32H2,(H,36,37)/t20?,21?,23-,24+,28-/m0/s1. The smallest absolute Gasteiger partial charge is 0.371 e. The maximum atomic E-state index is 13.9. The van der Waals surface area contributed by atoms with Crippen LogP contribution in [0.1, 0.15) is 59.7 Å². The van der Waals surface area contributed by atoms with Crippen molar-refractivity contribution in [2.75, 3.05) is 13.2 Å². The van der Waals surface area contributed by atoms with Gasteiger partial charge in [0, 0.05) is 36.2 Å². The van der Waals surface area contributed by atoms with Crippen LogP contribution in [0.5, 0.6) is 0 Å². The molecular formula is C30H33FN2O5. The number of rotatable bonds is 8. The van der Waals surface area contributed by atoms with Gasteiger partial charge in [0.25, 0.3) is 0 Å². The number of fused-ring (bicyclic) bond motifs is 1. The second kappa shape index (κ2) is 11.1. The maximum absolute atomic E-state index is 13.9. The number of amides is 1. The summed E-state index contributed by atoms with van der Waals surface area (Å²) in [5, 5.41) is 9.84. The third-order valence-electron chi connectivity index (χ3n) is 8.31. The van der Waals surface area contributed by atoms with E-state index < -0.39 is 24.7 Å². The van der Waals surface area contributed by atoms with Gasteiger partial charge < -0.3 is 20.2 Å². The highest BCUT2D eigenvalue weighted by molar-refractivity contribution is 5.94. The van der Waals surface area contributed by atoms with Crippen LogP contribution >= 0.6 is 0 Å². The van der Waals surface area contributed by atoms with Crippen molar-refractivity contribution in [3.63, 3.8) is 0 Å². The highest BCUT2D eigenvalue weighted by Crippen LogP contribution is 2.38. The van der Waals surface area contributed by atoms with Crippen LogP contribution in [0.2, 0.25) is 0 Å². The summed E-state index contributed by atoms with van der Waals surface area (Å²) < 4.78 is 18.4. The van der Waals surface area contributed by atoms with Crippen molar-refractivity contribution in [2.45, 2.75) is 56.5 Å². The predicted molar refractivity (Wildman–Crippen MR) is 141 cm³/mol. The molecule has 0 spiro atoms. The number of carboxylic acid groups (broad SMARTS) is 1. The number of furan rings is 1. The van der Waals surface area contributed by atoms with Crippen LogP contribution in [0, 0.1) is 11.8 Å². The van der Waals surface area contributed by atoms with Crippen LogP contribution in [0.15, 0.2) is 59.0 Å². The zero-order valence-electron chi connectivity index (χ0n) is 21.2. The van der Waals surface area contributed by atoms with Crippen molar-refractivity contribution in [3.05, 3.63) is 71.5 Å². The van der Waals surface area contributed by atoms with Gasteiger partial charge in [-0.3, -0.25) is 9.59 Å². The van der Waals surface area contributed by atoms with E-state index in [9.17, 15) is 23.9 Å². The minimum Gasteiger partial charge on any atom is -0.475 e. The topological polar surface area (TPSA) is 114 Å². The fraction of sp³-hybridized carbons (Fsp3) is 0.433. The molecule has 7 nitrogen and oxygen atoms in total. The molecule has 1 amide bonds. The van der Waals surface area contributed by atoms with E-state index in [2.05, 4.69) is 0 Å². The third-order valence-corrected chi connectivity index (χ3v) is 8.31. The Hall–Kier alpha value is -3.52. The first-order valence-corrected chi connectivity index (χ1v) is 13.3. The lowest BCUT2D eigenvalue weighted by atomic mass is 9.78. The number of nitrogens with two attached hydrogens (primary N) is 1. The third kappa shape index (κ3) is 5.23. The largest absolute Gasteiger partial charge is 0.475 e. The normalized spacial score (nSPS) is 24.4. The molecule has 2 fully saturated rings. The van der Waals surface area contributed by atoms with Gasteiger partial charge in [-0.1, -0.05) is 36.4 Å². The second-order valence-electron chi connectivity index (χ2n) is 10.6. The first kappa shape index (κ1) is 26.1. The molecule has 2 aromatic carbocycles. The van der Waals surface area contributed by atoms with Crippen LogP contribution in [0.4, 0.5) is 4.39 Å². The van der Waals surface area contributed by atoms with Crippen LogP contribution < -0.4 is 5.73 Å². The van der Waals surface area contributed by atoms with Gasteiger partial charge in [0.05, 0.1) is 6.04 Å². The number of hydrogen-bond donors (Lipinski definition) is 2. The number of carboxylic acids is 1. The Bertz CT molecular complexity index is 1310. The average Bonchev–Trinajstić information content (AvgIpc) is 3.58. The van der Waals surface area contributed by atoms with E-state index in [1.165, 1.54) is 6.07 Å². The molecule has 1 saturated heterocycles. The number of aromatic carboxylic acids is 1. The Labute approximate surface area is 220 Å². The van der Waals surface area contributed by atoms with Crippen molar-refractivity contribution in [2.24, 2.45) is 17.6 Å². The quantitative estimate of drug-likeness (QED) is 0.444. The van der Waals surface area contributed by atoms with Crippen molar-refractivity contribution in [3.8, 4) is 0 Å². The number of nitrogens with zero attached hydrogens (tertiary/aromatic N) is 1. The zero-order valence-corrected chi connectivity index (χ0v) is 21.2. The number of carbonyl (C=O) groups is 3. The molecule has 1 saturated carbocycles. The van der Waals surface area contributed by atoms with Crippen LogP contribution in [0.25, 0.3) is 11.0 Å². The van der Waals surface area contributed by atoms with Crippen LogP contribution in [0.3, 0.4) is 0 Å². The summed E-state index contributed by atoms with van der Waals surface area (Å²) in [7, 11) is 0.